The number of ether oxygens (including phenoxy) is 1. The second kappa shape index (κ2) is 5.35. The number of rotatable bonds is 2. The molecule has 0 spiro atoms. The van der Waals surface area contributed by atoms with Gasteiger partial charge in [-0.1, -0.05) is 11.6 Å². The molecule has 1 saturated heterocycles. The number of carbonyl (C=O) groups excluding carboxylic acids is 1. The Kier molecular flexibility index (Phi) is 3.71. The summed E-state index contributed by atoms with van der Waals surface area (Å²) in [5, 5.41) is 13.9. The Balaban J connectivity index is 1.99. The summed E-state index contributed by atoms with van der Waals surface area (Å²) in [6.07, 6.45) is 2.10. The normalized spacial score (nSPS) is 23.4. The number of hydrogen-bond donors (Lipinski definition) is 2. The van der Waals surface area contributed by atoms with E-state index in [9.17, 15) is 9.90 Å². The van der Waals surface area contributed by atoms with E-state index in [1.54, 1.807) is 0 Å². The van der Waals surface area contributed by atoms with Crippen LogP contribution in [0.4, 0.5) is 5.69 Å². The quantitative estimate of drug-likeness (QED) is 0.882. The minimum atomic E-state index is -0.702. The van der Waals surface area contributed by atoms with Crippen LogP contribution in [0.3, 0.4) is 0 Å². The lowest BCUT2D eigenvalue weighted by Crippen LogP contribution is -2.22. The van der Waals surface area contributed by atoms with Gasteiger partial charge in [0.25, 0.3) is 0 Å². The number of anilines is 1. The molecule has 0 saturated carbocycles. The highest BCUT2D eigenvalue weighted by Crippen LogP contribution is 2.39. The van der Waals surface area contributed by atoms with Crippen LogP contribution in [0.15, 0.2) is 6.07 Å². The third kappa shape index (κ3) is 2.32. The van der Waals surface area contributed by atoms with Gasteiger partial charge < -0.3 is 15.2 Å². The smallest absolute Gasteiger partial charge is 0.224 e. The molecule has 20 heavy (non-hydrogen) atoms. The highest BCUT2D eigenvalue weighted by Gasteiger charge is 2.29. The Bertz CT molecular complexity index is 553. The monoisotopic (exact) mass is 295 g/mol. The number of benzene rings is 1. The average molecular weight is 296 g/mol. The van der Waals surface area contributed by atoms with E-state index in [4.69, 9.17) is 16.3 Å². The zero-order valence-corrected chi connectivity index (χ0v) is 12.2. The molecule has 108 valence electrons. The van der Waals surface area contributed by atoms with Gasteiger partial charge in [-0.15, -0.1) is 0 Å². The zero-order valence-electron chi connectivity index (χ0n) is 11.4. The Morgan fingerprint density at radius 3 is 3.00 bits per heavy atom. The van der Waals surface area contributed by atoms with E-state index in [2.05, 4.69) is 5.32 Å². The van der Waals surface area contributed by atoms with Crippen LogP contribution in [0.25, 0.3) is 0 Å². The summed E-state index contributed by atoms with van der Waals surface area (Å²) in [4.78, 5) is 11.5. The molecular weight excluding hydrogens is 278 g/mol. The van der Waals surface area contributed by atoms with Gasteiger partial charge in [-0.25, -0.2) is 0 Å². The number of amides is 1. The van der Waals surface area contributed by atoms with Crippen molar-refractivity contribution >= 4 is 23.2 Å². The van der Waals surface area contributed by atoms with Crippen LogP contribution in [0.5, 0.6) is 0 Å². The molecule has 2 aliphatic rings. The zero-order chi connectivity index (χ0) is 14.3. The molecule has 2 aliphatic heterocycles. The summed E-state index contributed by atoms with van der Waals surface area (Å²) >= 11 is 6.38. The van der Waals surface area contributed by atoms with Crippen molar-refractivity contribution in [2.75, 3.05) is 11.9 Å². The maximum Gasteiger partial charge on any atom is 0.224 e. The molecule has 0 aromatic heterocycles. The average Bonchev–Trinajstić information content (AvgIpc) is 2.97. The van der Waals surface area contributed by atoms with E-state index in [1.807, 2.05) is 13.0 Å². The SMILES string of the molecule is Cc1c(Cl)c(C(O)C2CCCO2)cc2c1NC(=O)CC2. The molecule has 2 atom stereocenters. The van der Waals surface area contributed by atoms with Gasteiger partial charge in [0, 0.05) is 24.3 Å². The first-order valence-corrected chi connectivity index (χ1v) is 7.37. The highest BCUT2D eigenvalue weighted by atomic mass is 35.5. The lowest BCUT2D eigenvalue weighted by atomic mass is 9.92. The van der Waals surface area contributed by atoms with Crippen molar-refractivity contribution < 1.29 is 14.6 Å². The summed E-state index contributed by atoms with van der Waals surface area (Å²) in [6.45, 7) is 2.57. The van der Waals surface area contributed by atoms with Gasteiger partial charge in [0.05, 0.1) is 11.1 Å². The molecule has 0 bridgehead atoms. The number of hydrogen-bond acceptors (Lipinski definition) is 3. The van der Waals surface area contributed by atoms with E-state index in [0.29, 0.717) is 30.0 Å². The van der Waals surface area contributed by atoms with Crippen LogP contribution >= 0.6 is 11.6 Å². The number of aryl methyl sites for hydroxylation is 1. The molecule has 2 unspecified atom stereocenters. The fourth-order valence-corrected chi connectivity index (χ4v) is 3.24. The lowest BCUT2D eigenvalue weighted by Gasteiger charge is -2.25. The molecule has 1 amide bonds. The van der Waals surface area contributed by atoms with E-state index >= 15 is 0 Å². The number of aliphatic hydroxyl groups is 1. The molecule has 1 fully saturated rings. The van der Waals surface area contributed by atoms with Gasteiger partial charge >= 0.3 is 0 Å². The van der Waals surface area contributed by atoms with Gasteiger partial charge in [-0.3, -0.25) is 4.79 Å². The first kappa shape index (κ1) is 13.9. The van der Waals surface area contributed by atoms with Gasteiger partial charge in [0.1, 0.15) is 6.10 Å². The van der Waals surface area contributed by atoms with E-state index < -0.39 is 6.10 Å². The molecule has 3 rings (SSSR count). The van der Waals surface area contributed by atoms with Crippen molar-refractivity contribution in [1.29, 1.82) is 0 Å². The van der Waals surface area contributed by atoms with Crippen LogP contribution < -0.4 is 5.32 Å². The van der Waals surface area contributed by atoms with Crippen molar-refractivity contribution in [1.82, 2.24) is 0 Å². The molecular formula is C15H18ClNO3. The summed E-state index contributed by atoms with van der Waals surface area (Å²) in [7, 11) is 0. The molecule has 2 N–H and O–H groups in total. The van der Waals surface area contributed by atoms with Gasteiger partial charge in [0.2, 0.25) is 5.91 Å². The molecule has 2 heterocycles. The van der Waals surface area contributed by atoms with E-state index in [-0.39, 0.29) is 12.0 Å². The standard InChI is InChI=1S/C15H18ClNO3/c1-8-13(16)10(15(19)11-3-2-6-20-11)7-9-4-5-12(18)17-14(8)9/h7,11,15,19H,2-6H2,1H3,(H,17,18). The minimum absolute atomic E-state index is 0.0177. The lowest BCUT2D eigenvalue weighted by molar-refractivity contribution is -0.116. The molecule has 0 aliphatic carbocycles. The van der Waals surface area contributed by atoms with Gasteiger partial charge in [0.15, 0.2) is 0 Å². The van der Waals surface area contributed by atoms with Crippen LogP contribution in [0.2, 0.25) is 5.02 Å². The maximum absolute atomic E-state index is 11.5. The second-order valence-corrected chi connectivity index (χ2v) is 5.86. The summed E-state index contributed by atoms with van der Waals surface area (Å²) in [5.41, 5.74) is 3.38. The second-order valence-electron chi connectivity index (χ2n) is 5.48. The number of fused-ring (bicyclic) bond motifs is 1. The van der Waals surface area contributed by atoms with Crippen molar-refractivity contribution in [3.8, 4) is 0 Å². The fourth-order valence-electron chi connectivity index (χ4n) is 2.98. The van der Waals surface area contributed by atoms with Crippen LogP contribution in [-0.4, -0.2) is 23.7 Å². The first-order valence-electron chi connectivity index (χ1n) is 6.99. The summed E-state index contributed by atoms with van der Waals surface area (Å²) in [5.74, 6) is 0.0177. The fraction of sp³-hybridized carbons (Fsp3) is 0.533. The first-order chi connectivity index (χ1) is 9.58. The third-order valence-electron chi connectivity index (χ3n) is 4.13. The molecule has 0 radical (unpaired) electrons. The van der Waals surface area contributed by atoms with Gasteiger partial charge in [-0.05, 0) is 43.4 Å². The summed E-state index contributed by atoms with van der Waals surface area (Å²) < 4.78 is 5.55. The number of nitrogens with one attached hydrogen (secondary N) is 1. The number of aliphatic hydroxyl groups excluding tert-OH is 1. The van der Waals surface area contributed by atoms with Crippen molar-refractivity contribution in [3.05, 3.63) is 27.8 Å². The van der Waals surface area contributed by atoms with E-state index in [1.165, 1.54) is 0 Å². The summed E-state index contributed by atoms with van der Waals surface area (Å²) in [6, 6.07) is 1.91. The predicted octanol–water partition coefficient (Wildman–Crippen LogP) is 2.75. The third-order valence-corrected chi connectivity index (χ3v) is 4.63. The molecule has 1 aromatic carbocycles. The van der Waals surface area contributed by atoms with Gasteiger partial charge in [-0.2, -0.15) is 0 Å². The Morgan fingerprint density at radius 1 is 1.50 bits per heavy atom. The molecule has 4 nitrogen and oxygen atoms in total. The topological polar surface area (TPSA) is 58.6 Å². The minimum Gasteiger partial charge on any atom is -0.386 e. The van der Waals surface area contributed by atoms with Crippen molar-refractivity contribution in [2.45, 2.75) is 44.8 Å². The molecule has 1 aromatic rings. The Morgan fingerprint density at radius 2 is 2.30 bits per heavy atom. The number of carbonyl (C=O) groups is 1. The van der Waals surface area contributed by atoms with Crippen LogP contribution in [-0.2, 0) is 16.0 Å². The largest absolute Gasteiger partial charge is 0.386 e. The van der Waals surface area contributed by atoms with E-state index in [0.717, 1.165) is 29.7 Å². The van der Waals surface area contributed by atoms with Crippen LogP contribution in [0, 0.1) is 6.92 Å². The molecule has 5 heteroatoms. The number of halogens is 1. The Labute approximate surface area is 123 Å². The Hall–Kier alpha value is -1.10. The predicted molar refractivity (Wildman–Crippen MR) is 77.1 cm³/mol. The van der Waals surface area contributed by atoms with Crippen LogP contribution in [0.1, 0.15) is 42.1 Å². The maximum atomic E-state index is 11.5. The van der Waals surface area contributed by atoms with Crippen molar-refractivity contribution in [2.24, 2.45) is 0 Å². The highest BCUT2D eigenvalue weighted by molar-refractivity contribution is 6.32. The van der Waals surface area contributed by atoms with Crippen molar-refractivity contribution in [3.63, 3.8) is 0 Å².